The summed E-state index contributed by atoms with van der Waals surface area (Å²) in [7, 11) is 3.20. The molecule has 1 heterocycles. The van der Waals surface area contributed by atoms with Crippen molar-refractivity contribution in [2.45, 2.75) is 13.3 Å². The van der Waals surface area contributed by atoms with Gasteiger partial charge in [-0.2, -0.15) is 5.10 Å². The first kappa shape index (κ1) is 20.7. The topological polar surface area (TPSA) is 95.0 Å². The van der Waals surface area contributed by atoms with Crippen LogP contribution in [0, 0.1) is 0 Å². The first-order chi connectivity index (χ1) is 12.9. The average Bonchev–Trinajstić information content (AvgIpc) is 3.16. The summed E-state index contributed by atoms with van der Waals surface area (Å²) < 4.78 is 10.5. The maximum Gasteiger partial charge on any atom is 0.186 e. The maximum atomic E-state index is 10.8. The first-order valence-electron chi connectivity index (χ1n) is 8.05. The van der Waals surface area contributed by atoms with E-state index in [1.54, 1.807) is 27.2 Å². The molecule has 0 bridgehead atoms. The van der Waals surface area contributed by atoms with E-state index in [-0.39, 0.29) is 4.88 Å². The van der Waals surface area contributed by atoms with E-state index in [1.807, 2.05) is 18.2 Å². The number of hydrogen-bond donors (Lipinski definition) is 2. The van der Waals surface area contributed by atoms with E-state index in [1.165, 1.54) is 6.07 Å². The van der Waals surface area contributed by atoms with Gasteiger partial charge in [-0.15, -0.1) is 11.3 Å². The van der Waals surface area contributed by atoms with Gasteiger partial charge in [0, 0.05) is 6.54 Å². The smallest absolute Gasteiger partial charge is 0.186 e. The van der Waals surface area contributed by atoms with Crippen molar-refractivity contribution in [3.8, 4) is 11.5 Å². The molecule has 2 aromatic rings. The fourth-order valence-electron chi connectivity index (χ4n) is 2.23. The molecule has 0 aliphatic rings. The van der Waals surface area contributed by atoms with Crippen molar-refractivity contribution in [3.05, 3.63) is 45.6 Å². The van der Waals surface area contributed by atoms with E-state index in [9.17, 15) is 9.90 Å². The van der Waals surface area contributed by atoms with Crippen LogP contribution in [0.2, 0.25) is 0 Å². The number of nitrogens with zero attached hydrogens (tertiary/aromatic N) is 1. The number of thiophene rings is 1. The van der Waals surface area contributed by atoms with Crippen molar-refractivity contribution in [1.29, 1.82) is 0 Å². The molecule has 0 fully saturated rings. The summed E-state index contributed by atoms with van der Waals surface area (Å²) in [6.45, 7) is 2.38. The summed E-state index contributed by atoms with van der Waals surface area (Å²) in [6.07, 6.45) is 0.741. The number of methoxy groups -OCH3 is 2. The Bertz CT molecular complexity index is 849. The van der Waals surface area contributed by atoms with Crippen LogP contribution in [0.25, 0.3) is 0 Å². The number of carboxylic acid groups (broad SMARTS) is 1. The molecule has 0 spiro atoms. The lowest BCUT2D eigenvalue weighted by Crippen LogP contribution is -2.33. The second kappa shape index (κ2) is 9.89. The van der Waals surface area contributed by atoms with Crippen molar-refractivity contribution < 1.29 is 19.4 Å². The number of carbonyl (C=O) groups excluding carboxylic acids is 1. The average molecular weight is 407 g/mol. The van der Waals surface area contributed by atoms with Gasteiger partial charge in [0.15, 0.2) is 16.6 Å². The summed E-state index contributed by atoms with van der Waals surface area (Å²) in [5.74, 6) is 0.175. The van der Waals surface area contributed by atoms with Crippen LogP contribution < -0.4 is 25.3 Å². The molecule has 7 nitrogen and oxygen atoms in total. The van der Waals surface area contributed by atoms with Gasteiger partial charge in [-0.3, -0.25) is 5.43 Å². The molecule has 0 amide bonds. The number of rotatable bonds is 8. The van der Waals surface area contributed by atoms with E-state index < -0.39 is 5.97 Å². The van der Waals surface area contributed by atoms with Gasteiger partial charge in [0.25, 0.3) is 0 Å². The van der Waals surface area contributed by atoms with E-state index in [0.717, 1.165) is 28.2 Å². The van der Waals surface area contributed by atoms with Gasteiger partial charge in [0.1, 0.15) is 0 Å². The number of benzene rings is 1. The number of carboxylic acids is 1. The monoisotopic (exact) mass is 406 g/mol. The Labute approximate surface area is 167 Å². The van der Waals surface area contributed by atoms with Gasteiger partial charge in [-0.25, -0.2) is 0 Å². The minimum absolute atomic E-state index is 0.162. The molecule has 0 aliphatic carbocycles. The molecule has 0 saturated heterocycles. The third kappa shape index (κ3) is 5.93. The van der Waals surface area contributed by atoms with Crippen molar-refractivity contribution in [1.82, 2.24) is 10.7 Å². The first-order valence-corrected chi connectivity index (χ1v) is 9.27. The molecule has 0 atom stereocenters. The van der Waals surface area contributed by atoms with Gasteiger partial charge in [-0.1, -0.05) is 6.07 Å². The van der Waals surface area contributed by atoms with E-state index in [4.69, 9.17) is 21.7 Å². The lowest BCUT2D eigenvalue weighted by Gasteiger charge is -2.11. The second-order valence-corrected chi connectivity index (χ2v) is 6.95. The fourth-order valence-corrected chi connectivity index (χ4v) is 3.16. The minimum atomic E-state index is -1.20. The zero-order chi connectivity index (χ0) is 19.8. The lowest BCUT2D eigenvalue weighted by atomic mass is 10.1. The molecule has 144 valence electrons. The number of hydrogen-bond acceptors (Lipinski definition) is 7. The van der Waals surface area contributed by atoms with Crippen LogP contribution in [0.1, 0.15) is 27.0 Å². The van der Waals surface area contributed by atoms with Gasteiger partial charge in [0.2, 0.25) is 0 Å². The van der Waals surface area contributed by atoms with Crippen LogP contribution >= 0.6 is 23.6 Å². The van der Waals surface area contributed by atoms with Crippen LogP contribution in [-0.4, -0.2) is 37.6 Å². The fraction of sp³-hybridized carbons (Fsp3) is 0.278. The number of carbonyl (C=O) groups is 1. The van der Waals surface area contributed by atoms with Crippen LogP contribution in [0.3, 0.4) is 0 Å². The Balaban J connectivity index is 1.82. The van der Waals surface area contributed by atoms with E-state index in [0.29, 0.717) is 28.9 Å². The van der Waals surface area contributed by atoms with Crippen LogP contribution in [0.5, 0.6) is 11.5 Å². The summed E-state index contributed by atoms with van der Waals surface area (Å²) in [4.78, 5) is 11.7. The molecule has 0 unspecified atom stereocenters. The highest BCUT2D eigenvalue weighted by molar-refractivity contribution is 7.80. The summed E-state index contributed by atoms with van der Waals surface area (Å²) in [5.41, 5.74) is 4.47. The number of hydrazone groups is 1. The van der Waals surface area contributed by atoms with E-state index in [2.05, 4.69) is 15.8 Å². The third-order valence-electron chi connectivity index (χ3n) is 3.64. The molecule has 2 N–H and O–H groups in total. The Morgan fingerprint density at radius 3 is 2.52 bits per heavy atom. The predicted octanol–water partition coefficient (Wildman–Crippen LogP) is 1.56. The SMILES string of the molecule is COc1ccc(CCNC(=S)N/N=C(/C)c2ccc(C(=O)[O-])s2)cc1OC. The van der Waals surface area contributed by atoms with Crippen molar-refractivity contribution >= 4 is 40.3 Å². The standard InChI is InChI=1S/C18H21N3O4S2/c1-11(15-6-7-16(27-15)17(22)23)20-21-18(26)19-9-8-12-4-5-13(24-2)14(10-12)25-3/h4-7,10H,8-9H2,1-3H3,(H,22,23)(H2,19,21,26)/p-1/b20-11-. The molecule has 1 aromatic heterocycles. The molecular formula is C18H20N3O4S2-. The highest BCUT2D eigenvalue weighted by Crippen LogP contribution is 2.27. The highest BCUT2D eigenvalue weighted by atomic mass is 32.1. The predicted molar refractivity (Wildman–Crippen MR) is 108 cm³/mol. The van der Waals surface area contributed by atoms with Gasteiger partial charge < -0.3 is 24.7 Å². The number of nitrogens with one attached hydrogen (secondary N) is 2. The second-order valence-electron chi connectivity index (χ2n) is 5.46. The summed E-state index contributed by atoms with van der Waals surface area (Å²) in [5, 5.41) is 18.4. The van der Waals surface area contributed by atoms with Crippen molar-refractivity contribution in [2.24, 2.45) is 5.10 Å². The molecule has 0 saturated carbocycles. The van der Waals surface area contributed by atoms with Gasteiger partial charge in [0.05, 0.1) is 35.7 Å². The third-order valence-corrected chi connectivity index (χ3v) is 5.05. The number of ether oxygens (including phenoxy) is 2. The molecule has 2 rings (SSSR count). The number of aromatic carboxylic acids is 1. The normalized spacial score (nSPS) is 11.0. The molecule has 9 heteroatoms. The van der Waals surface area contributed by atoms with Crippen molar-refractivity contribution in [2.75, 3.05) is 20.8 Å². The lowest BCUT2D eigenvalue weighted by molar-refractivity contribution is -0.254. The molecule has 0 aliphatic heterocycles. The Morgan fingerprint density at radius 2 is 1.89 bits per heavy atom. The maximum absolute atomic E-state index is 10.8. The van der Waals surface area contributed by atoms with Crippen LogP contribution in [-0.2, 0) is 6.42 Å². The Morgan fingerprint density at radius 1 is 1.19 bits per heavy atom. The quantitative estimate of drug-likeness (QED) is 0.390. The van der Waals surface area contributed by atoms with Gasteiger partial charge >= 0.3 is 0 Å². The highest BCUT2D eigenvalue weighted by Gasteiger charge is 2.06. The van der Waals surface area contributed by atoms with Gasteiger partial charge in [-0.05, 0) is 55.4 Å². The largest absolute Gasteiger partial charge is 0.544 e. The molecule has 0 radical (unpaired) electrons. The van der Waals surface area contributed by atoms with E-state index >= 15 is 0 Å². The number of thiocarbonyl (C=S) groups is 1. The summed E-state index contributed by atoms with van der Waals surface area (Å²) in [6, 6.07) is 8.93. The van der Waals surface area contributed by atoms with Crippen LogP contribution in [0.15, 0.2) is 35.4 Å². The molecular weight excluding hydrogens is 386 g/mol. The zero-order valence-corrected chi connectivity index (χ0v) is 16.8. The Kier molecular flexibility index (Phi) is 7.56. The van der Waals surface area contributed by atoms with Crippen LogP contribution in [0.4, 0.5) is 0 Å². The molecule has 1 aromatic carbocycles. The minimum Gasteiger partial charge on any atom is -0.544 e. The van der Waals surface area contributed by atoms with Crippen molar-refractivity contribution in [3.63, 3.8) is 0 Å². The summed E-state index contributed by atoms with van der Waals surface area (Å²) >= 11 is 6.30. The molecule has 27 heavy (non-hydrogen) atoms. The zero-order valence-electron chi connectivity index (χ0n) is 15.2. The Hall–Kier alpha value is -2.65.